The standard InChI is InChI=1S/C16H20N2O3/c19-14-10-16(12-17-14)6-8-18(9-7-16)15(20)11-21-13-4-2-1-3-5-13/h1-5H,6-12H2,(H,17,19). The molecule has 2 aliphatic rings. The van der Waals surface area contributed by atoms with Crippen molar-refractivity contribution in [3.8, 4) is 5.75 Å². The lowest BCUT2D eigenvalue weighted by Crippen LogP contribution is -2.45. The van der Waals surface area contributed by atoms with Gasteiger partial charge in [-0.2, -0.15) is 0 Å². The van der Waals surface area contributed by atoms with Crippen molar-refractivity contribution in [3.63, 3.8) is 0 Å². The zero-order chi connectivity index (χ0) is 14.7. The molecule has 2 fully saturated rings. The summed E-state index contributed by atoms with van der Waals surface area (Å²) in [6, 6.07) is 9.36. The number of likely N-dealkylation sites (tertiary alicyclic amines) is 1. The Kier molecular flexibility index (Phi) is 3.82. The summed E-state index contributed by atoms with van der Waals surface area (Å²) >= 11 is 0. The van der Waals surface area contributed by atoms with Crippen LogP contribution in [0.1, 0.15) is 19.3 Å². The number of carbonyl (C=O) groups excluding carboxylic acids is 2. The third kappa shape index (κ3) is 3.17. The van der Waals surface area contributed by atoms with E-state index in [1.807, 2.05) is 35.2 Å². The predicted molar refractivity (Wildman–Crippen MR) is 77.8 cm³/mol. The van der Waals surface area contributed by atoms with Crippen LogP contribution in [0.5, 0.6) is 5.75 Å². The molecule has 5 heteroatoms. The monoisotopic (exact) mass is 288 g/mol. The highest BCUT2D eigenvalue weighted by molar-refractivity contribution is 5.80. The molecule has 0 bridgehead atoms. The largest absolute Gasteiger partial charge is 0.484 e. The summed E-state index contributed by atoms with van der Waals surface area (Å²) < 4.78 is 5.50. The first-order valence-electron chi connectivity index (χ1n) is 7.39. The second-order valence-electron chi connectivity index (χ2n) is 5.94. The lowest BCUT2D eigenvalue weighted by Gasteiger charge is -2.38. The van der Waals surface area contributed by atoms with Crippen molar-refractivity contribution >= 4 is 11.8 Å². The predicted octanol–water partition coefficient (Wildman–Crippen LogP) is 1.19. The van der Waals surface area contributed by atoms with Gasteiger partial charge >= 0.3 is 0 Å². The van der Waals surface area contributed by atoms with Crippen molar-refractivity contribution in [1.29, 1.82) is 0 Å². The van der Waals surface area contributed by atoms with E-state index in [0.29, 0.717) is 25.3 Å². The number of nitrogens with one attached hydrogen (secondary N) is 1. The van der Waals surface area contributed by atoms with Crippen molar-refractivity contribution in [2.75, 3.05) is 26.2 Å². The fraction of sp³-hybridized carbons (Fsp3) is 0.500. The summed E-state index contributed by atoms with van der Waals surface area (Å²) in [5, 5.41) is 2.90. The Hall–Kier alpha value is -2.04. The van der Waals surface area contributed by atoms with E-state index in [1.54, 1.807) is 0 Å². The van der Waals surface area contributed by atoms with Crippen molar-refractivity contribution in [2.45, 2.75) is 19.3 Å². The first-order valence-corrected chi connectivity index (χ1v) is 7.39. The molecule has 0 atom stereocenters. The van der Waals surface area contributed by atoms with Gasteiger partial charge in [0.1, 0.15) is 5.75 Å². The first kappa shape index (κ1) is 13.9. The van der Waals surface area contributed by atoms with Crippen LogP contribution >= 0.6 is 0 Å². The summed E-state index contributed by atoms with van der Waals surface area (Å²) in [7, 11) is 0. The third-order valence-corrected chi connectivity index (χ3v) is 4.48. The van der Waals surface area contributed by atoms with Gasteiger partial charge in [0, 0.05) is 26.1 Å². The third-order valence-electron chi connectivity index (χ3n) is 4.48. The maximum absolute atomic E-state index is 12.2. The molecule has 1 N–H and O–H groups in total. The Bertz CT molecular complexity index is 522. The number of piperidine rings is 1. The summed E-state index contributed by atoms with van der Waals surface area (Å²) in [5.41, 5.74) is 0.0775. The smallest absolute Gasteiger partial charge is 0.260 e. The number of nitrogens with zero attached hydrogens (tertiary/aromatic N) is 1. The molecule has 2 saturated heterocycles. The lowest BCUT2D eigenvalue weighted by molar-refractivity contribution is -0.135. The maximum Gasteiger partial charge on any atom is 0.260 e. The van der Waals surface area contributed by atoms with Gasteiger partial charge in [-0.3, -0.25) is 9.59 Å². The Morgan fingerprint density at radius 3 is 2.57 bits per heavy atom. The molecular formula is C16H20N2O3. The molecule has 2 aliphatic heterocycles. The second kappa shape index (κ2) is 5.76. The van der Waals surface area contributed by atoms with E-state index in [1.165, 1.54) is 0 Å². The summed E-state index contributed by atoms with van der Waals surface area (Å²) in [6.07, 6.45) is 2.39. The van der Waals surface area contributed by atoms with Gasteiger partial charge in [0.05, 0.1) is 0 Å². The minimum absolute atomic E-state index is 0.0194. The van der Waals surface area contributed by atoms with Crippen LogP contribution in [0.15, 0.2) is 30.3 Å². The van der Waals surface area contributed by atoms with Crippen LogP contribution < -0.4 is 10.1 Å². The minimum Gasteiger partial charge on any atom is -0.484 e. The molecule has 3 rings (SSSR count). The second-order valence-corrected chi connectivity index (χ2v) is 5.94. The Labute approximate surface area is 124 Å². The summed E-state index contributed by atoms with van der Waals surface area (Å²) in [5.74, 6) is 0.873. The zero-order valence-corrected chi connectivity index (χ0v) is 12.0. The van der Waals surface area contributed by atoms with Crippen LogP contribution in [0.3, 0.4) is 0 Å². The number of para-hydroxylation sites is 1. The molecule has 21 heavy (non-hydrogen) atoms. The lowest BCUT2D eigenvalue weighted by atomic mass is 9.77. The molecule has 2 amide bonds. The Balaban J connectivity index is 1.48. The Morgan fingerprint density at radius 2 is 1.95 bits per heavy atom. The quantitative estimate of drug-likeness (QED) is 0.909. The van der Waals surface area contributed by atoms with E-state index < -0.39 is 0 Å². The number of carbonyl (C=O) groups is 2. The molecule has 0 aromatic heterocycles. The number of ether oxygens (including phenoxy) is 1. The number of hydrogen-bond acceptors (Lipinski definition) is 3. The fourth-order valence-electron chi connectivity index (χ4n) is 3.09. The van der Waals surface area contributed by atoms with Gasteiger partial charge in [-0.25, -0.2) is 0 Å². The van der Waals surface area contributed by atoms with Crippen LogP contribution in [-0.4, -0.2) is 43.0 Å². The van der Waals surface area contributed by atoms with Crippen LogP contribution in [0, 0.1) is 5.41 Å². The van der Waals surface area contributed by atoms with E-state index in [0.717, 1.165) is 19.4 Å². The van der Waals surface area contributed by atoms with Gasteiger partial charge in [0.15, 0.2) is 6.61 Å². The zero-order valence-electron chi connectivity index (χ0n) is 12.0. The van der Waals surface area contributed by atoms with E-state index in [-0.39, 0.29) is 23.8 Å². The van der Waals surface area contributed by atoms with Gasteiger partial charge in [-0.05, 0) is 30.4 Å². The van der Waals surface area contributed by atoms with Crippen LogP contribution in [0.4, 0.5) is 0 Å². The molecule has 0 radical (unpaired) electrons. The number of amides is 2. The Morgan fingerprint density at radius 1 is 1.24 bits per heavy atom. The topological polar surface area (TPSA) is 58.6 Å². The molecule has 0 aliphatic carbocycles. The van der Waals surface area contributed by atoms with Crippen molar-refractivity contribution in [3.05, 3.63) is 30.3 Å². The van der Waals surface area contributed by atoms with Crippen molar-refractivity contribution < 1.29 is 14.3 Å². The van der Waals surface area contributed by atoms with Crippen LogP contribution in [0.2, 0.25) is 0 Å². The van der Waals surface area contributed by atoms with Gasteiger partial charge < -0.3 is 15.0 Å². The molecular weight excluding hydrogens is 268 g/mol. The highest BCUT2D eigenvalue weighted by Crippen LogP contribution is 2.37. The molecule has 1 aromatic rings. The first-order chi connectivity index (χ1) is 10.2. The maximum atomic E-state index is 12.2. The van der Waals surface area contributed by atoms with Gasteiger partial charge in [-0.1, -0.05) is 18.2 Å². The van der Waals surface area contributed by atoms with E-state index >= 15 is 0 Å². The minimum atomic E-state index is 0.0194. The summed E-state index contributed by atoms with van der Waals surface area (Å²) in [6.45, 7) is 2.26. The normalized spacial score (nSPS) is 20.4. The molecule has 0 saturated carbocycles. The van der Waals surface area contributed by atoms with Crippen LogP contribution in [-0.2, 0) is 9.59 Å². The van der Waals surface area contributed by atoms with Gasteiger partial charge in [0.25, 0.3) is 5.91 Å². The molecule has 5 nitrogen and oxygen atoms in total. The average Bonchev–Trinajstić information content (AvgIpc) is 2.87. The number of benzene rings is 1. The highest BCUT2D eigenvalue weighted by Gasteiger charge is 2.41. The molecule has 112 valence electrons. The van der Waals surface area contributed by atoms with Crippen molar-refractivity contribution in [2.24, 2.45) is 5.41 Å². The van der Waals surface area contributed by atoms with Crippen molar-refractivity contribution in [1.82, 2.24) is 10.2 Å². The van der Waals surface area contributed by atoms with E-state index in [2.05, 4.69) is 5.32 Å². The average molecular weight is 288 g/mol. The number of rotatable bonds is 3. The van der Waals surface area contributed by atoms with Gasteiger partial charge in [0.2, 0.25) is 5.91 Å². The molecule has 2 heterocycles. The number of hydrogen-bond donors (Lipinski definition) is 1. The SMILES string of the molecule is O=C1CC2(CCN(C(=O)COc3ccccc3)CC2)CN1. The summed E-state index contributed by atoms with van der Waals surface area (Å²) in [4.78, 5) is 25.4. The van der Waals surface area contributed by atoms with Crippen LogP contribution in [0.25, 0.3) is 0 Å². The van der Waals surface area contributed by atoms with Gasteiger partial charge in [-0.15, -0.1) is 0 Å². The van der Waals surface area contributed by atoms with E-state index in [4.69, 9.17) is 4.74 Å². The highest BCUT2D eigenvalue weighted by atomic mass is 16.5. The molecule has 1 aromatic carbocycles. The van der Waals surface area contributed by atoms with E-state index in [9.17, 15) is 9.59 Å². The molecule has 1 spiro atoms. The molecule has 0 unspecified atom stereocenters. The fourth-order valence-corrected chi connectivity index (χ4v) is 3.09.